The second-order valence-electron chi connectivity index (χ2n) is 3.11. The van der Waals surface area contributed by atoms with Gasteiger partial charge in [-0.3, -0.25) is 0 Å². The van der Waals surface area contributed by atoms with E-state index in [2.05, 4.69) is 26.0 Å². The molecule has 0 fully saturated rings. The molecule has 1 radical (unpaired) electrons. The number of hydrogen-bond acceptors (Lipinski definition) is 1. The molecule has 1 aromatic rings. The van der Waals surface area contributed by atoms with Gasteiger partial charge in [0.1, 0.15) is 5.75 Å². The molecule has 0 unspecified atom stereocenters. The van der Waals surface area contributed by atoms with Gasteiger partial charge in [-0.15, -0.1) is 0 Å². The number of ether oxygens (including phenoxy) is 1. The molecule has 0 bridgehead atoms. The van der Waals surface area contributed by atoms with Crippen LogP contribution in [0.15, 0.2) is 18.2 Å². The van der Waals surface area contributed by atoms with Crippen LogP contribution in [0.25, 0.3) is 0 Å². The molecule has 0 amide bonds. The Morgan fingerprint density at radius 3 is 2.69 bits per heavy atom. The van der Waals surface area contributed by atoms with Crippen LogP contribution in [0.4, 0.5) is 0 Å². The summed E-state index contributed by atoms with van der Waals surface area (Å²) < 4.78 is 5.51. The van der Waals surface area contributed by atoms with Crippen LogP contribution < -0.4 is 4.74 Å². The van der Waals surface area contributed by atoms with E-state index >= 15 is 0 Å². The lowest BCUT2D eigenvalue weighted by atomic mass is 10.2. The summed E-state index contributed by atoms with van der Waals surface area (Å²) in [6, 6.07) is 9.20. The van der Waals surface area contributed by atoms with Gasteiger partial charge in [0.05, 0.1) is 6.61 Å². The molecule has 0 aromatic heterocycles. The van der Waals surface area contributed by atoms with E-state index in [0.29, 0.717) is 0 Å². The van der Waals surface area contributed by atoms with Gasteiger partial charge in [0.25, 0.3) is 0 Å². The van der Waals surface area contributed by atoms with Crippen molar-refractivity contribution in [3.05, 3.63) is 29.8 Å². The molecule has 71 valence electrons. The minimum Gasteiger partial charge on any atom is -0.494 e. The van der Waals surface area contributed by atoms with E-state index in [-0.39, 0.29) is 0 Å². The molecule has 0 atom stereocenters. The summed E-state index contributed by atoms with van der Waals surface area (Å²) in [4.78, 5) is 0. The monoisotopic (exact) mass is 177 g/mol. The van der Waals surface area contributed by atoms with Crippen LogP contribution in [0.3, 0.4) is 0 Å². The van der Waals surface area contributed by atoms with Crippen LogP contribution >= 0.6 is 0 Å². The van der Waals surface area contributed by atoms with Gasteiger partial charge in [-0.05, 0) is 36.6 Å². The minimum absolute atomic E-state index is 0.815. The predicted octanol–water partition coefficient (Wildman–Crippen LogP) is 3.23. The largest absolute Gasteiger partial charge is 0.494 e. The Kier molecular flexibility index (Phi) is 4.37. The molecule has 0 N–H and O–H groups in total. The summed E-state index contributed by atoms with van der Waals surface area (Å²) in [5, 5.41) is 0. The van der Waals surface area contributed by atoms with Crippen molar-refractivity contribution in [1.82, 2.24) is 0 Å². The molecule has 0 saturated heterocycles. The van der Waals surface area contributed by atoms with E-state index in [1.807, 2.05) is 12.1 Å². The zero-order valence-corrected chi connectivity index (χ0v) is 8.47. The third-order valence-corrected chi connectivity index (χ3v) is 2.00. The summed E-state index contributed by atoms with van der Waals surface area (Å²) >= 11 is 0. The average Bonchev–Trinajstić information content (AvgIpc) is 2.19. The highest BCUT2D eigenvalue weighted by Crippen LogP contribution is 2.12. The Labute approximate surface area is 80.7 Å². The standard InChI is InChI=1S/C12H17O/c1-3-5-10-13-12-8-6-11(4-2)7-9-12/h6,8-9H,3-5,10H2,1-2H3. The third-order valence-electron chi connectivity index (χ3n) is 2.00. The fraction of sp³-hybridized carbons (Fsp3) is 0.500. The summed E-state index contributed by atoms with van der Waals surface area (Å²) in [5.74, 6) is 0.936. The van der Waals surface area contributed by atoms with E-state index in [9.17, 15) is 0 Å². The van der Waals surface area contributed by atoms with Crippen molar-refractivity contribution in [3.63, 3.8) is 0 Å². The lowest BCUT2D eigenvalue weighted by Crippen LogP contribution is -1.96. The van der Waals surface area contributed by atoms with Crippen molar-refractivity contribution in [2.45, 2.75) is 33.1 Å². The highest BCUT2D eigenvalue weighted by atomic mass is 16.5. The molecule has 1 rings (SSSR count). The highest BCUT2D eigenvalue weighted by Gasteiger charge is 1.93. The zero-order valence-electron chi connectivity index (χ0n) is 8.47. The number of benzene rings is 1. The fourth-order valence-electron chi connectivity index (χ4n) is 1.09. The van der Waals surface area contributed by atoms with Gasteiger partial charge in [0.2, 0.25) is 0 Å². The van der Waals surface area contributed by atoms with Gasteiger partial charge in [-0.25, -0.2) is 0 Å². The van der Waals surface area contributed by atoms with Crippen LogP contribution in [-0.4, -0.2) is 6.61 Å². The smallest absolute Gasteiger partial charge is 0.119 e. The van der Waals surface area contributed by atoms with Crippen LogP contribution in [0.2, 0.25) is 0 Å². The SMILES string of the molecule is CCCCOc1c[c]c(CC)cc1. The molecule has 13 heavy (non-hydrogen) atoms. The molecular weight excluding hydrogens is 160 g/mol. The molecule has 0 spiro atoms. The predicted molar refractivity (Wildman–Crippen MR) is 55.1 cm³/mol. The molecule has 0 aliphatic heterocycles. The van der Waals surface area contributed by atoms with Gasteiger partial charge in [-0.2, -0.15) is 0 Å². The molecule has 0 aliphatic rings. The number of rotatable bonds is 5. The Bertz CT molecular complexity index is 225. The second kappa shape index (κ2) is 5.63. The van der Waals surface area contributed by atoms with Crippen molar-refractivity contribution in [1.29, 1.82) is 0 Å². The first kappa shape index (κ1) is 10.1. The van der Waals surface area contributed by atoms with E-state index < -0.39 is 0 Å². The van der Waals surface area contributed by atoms with Gasteiger partial charge in [0, 0.05) is 0 Å². The highest BCUT2D eigenvalue weighted by molar-refractivity contribution is 5.25. The fourth-order valence-corrected chi connectivity index (χ4v) is 1.09. The van der Waals surface area contributed by atoms with Gasteiger partial charge in [-0.1, -0.05) is 26.3 Å². The second-order valence-corrected chi connectivity index (χ2v) is 3.11. The third kappa shape index (κ3) is 3.49. The van der Waals surface area contributed by atoms with E-state index in [0.717, 1.165) is 25.2 Å². The maximum atomic E-state index is 5.51. The molecule has 0 saturated carbocycles. The van der Waals surface area contributed by atoms with E-state index in [4.69, 9.17) is 4.74 Å². The number of hydrogen-bond donors (Lipinski definition) is 0. The molecule has 1 heteroatoms. The topological polar surface area (TPSA) is 9.23 Å². The zero-order chi connectivity index (χ0) is 9.52. The van der Waals surface area contributed by atoms with E-state index in [1.165, 1.54) is 12.0 Å². The Balaban J connectivity index is 2.40. The van der Waals surface area contributed by atoms with Crippen molar-refractivity contribution in [3.8, 4) is 5.75 Å². The Hall–Kier alpha value is -0.980. The first-order valence-corrected chi connectivity index (χ1v) is 5.00. The van der Waals surface area contributed by atoms with Gasteiger partial charge in [0.15, 0.2) is 0 Å². The van der Waals surface area contributed by atoms with Gasteiger partial charge >= 0.3 is 0 Å². The summed E-state index contributed by atoms with van der Waals surface area (Å²) in [5.41, 5.74) is 1.24. The van der Waals surface area contributed by atoms with Crippen LogP contribution in [-0.2, 0) is 6.42 Å². The molecule has 0 aliphatic carbocycles. The first-order valence-electron chi connectivity index (χ1n) is 5.00. The van der Waals surface area contributed by atoms with E-state index in [1.54, 1.807) is 0 Å². The Morgan fingerprint density at radius 1 is 1.31 bits per heavy atom. The average molecular weight is 177 g/mol. The molecule has 0 heterocycles. The molecular formula is C12H17O. The minimum atomic E-state index is 0.815. The lowest BCUT2D eigenvalue weighted by Gasteiger charge is -2.04. The summed E-state index contributed by atoms with van der Waals surface area (Å²) in [6.07, 6.45) is 3.33. The van der Waals surface area contributed by atoms with Crippen LogP contribution in [0.5, 0.6) is 5.75 Å². The van der Waals surface area contributed by atoms with Crippen LogP contribution in [0.1, 0.15) is 32.3 Å². The summed E-state index contributed by atoms with van der Waals surface area (Å²) in [7, 11) is 0. The Morgan fingerprint density at radius 2 is 2.15 bits per heavy atom. The summed E-state index contributed by atoms with van der Waals surface area (Å²) in [6.45, 7) is 5.11. The molecule has 1 aromatic carbocycles. The number of aryl methyl sites for hydroxylation is 1. The quantitative estimate of drug-likeness (QED) is 0.627. The first-order chi connectivity index (χ1) is 6.36. The number of unbranched alkanes of at least 4 members (excludes halogenated alkanes) is 1. The van der Waals surface area contributed by atoms with Crippen molar-refractivity contribution >= 4 is 0 Å². The van der Waals surface area contributed by atoms with Gasteiger partial charge < -0.3 is 4.74 Å². The molecule has 1 nitrogen and oxygen atoms in total. The maximum absolute atomic E-state index is 5.51. The lowest BCUT2D eigenvalue weighted by molar-refractivity contribution is 0.309. The normalized spacial score (nSPS) is 10.0. The van der Waals surface area contributed by atoms with Crippen molar-refractivity contribution < 1.29 is 4.74 Å². The van der Waals surface area contributed by atoms with Crippen LogP contribution in [0, 0.1) is 6.07 Å². The van der Waals surface area contributed by atoms with Crippen molar-refractivity contribution in [2.24, 2.45) is 0 Å². The van der Waals surface area contributed by atoms with Crippen molar-refractivity contribution in [2.75, 3.05) is 6.61 Å². The maximum Gasteiger partial charge on any atom is 0.119 e.